The summed E-state index contributed by atoms with van der Waals surface area (Å²) >= 11 is 0. The van der Waals surface area contributed by atoms with Gasteiger partial charge in [-0.3, -0.25) is 9.48 Å². The minimum atomic E-state index is -0.643. The summed E-state index contributed by atoms with van der Waals surface area (Å²) in [5, 5.41) is 10.3. The summed E-state index contributed by atoms with van der Waals surface area (Å²) in [5.74, 6) is -0.685. The molecule has 1 amide bonds. The Labute approximate surface area is 137 Å². The fourth-order valence-corrected chi connectivity index (χ4v) is 2.13. The van der Waals surface area contributed by atoms with Gasteiger partial charge in [0.05, 0.1) is 12.8 Å². The summed E-state index contributed by atoms with van der Waals surface area (Å²) in [4.78, 5) is 24.0. The van der Waals surface area contributed by atoms with Gasteiger partial charge in [-0.2, -0.15) is 5.10 Å². The van der Waals surface area contributed by atoms with Gasteiger partial charge in [0.2, 0.25) is 0 Å². The maximum Gasteiger partial charge on any atom is 0.360 e. The summed E-state index contributed by atoms with van der Waals surface area (Å²) < 4.78 is 11.2. The van der Waals surface area contributed by atoms with Crippen LogP contribution in [0.4, 0.5) is 5.69 Å². The van der Waals surface area contributed by atoms with Gasteiger partial charge in [0.25, 0.3) is 5.91 Å². The van der Waals surface area contributed by atoms with Crippen molar-refractivity contribution in [3.8, 4) is 11.3 Å². The van der Waals surface area contributed by atoms with Crippen molar-refractivity contribution in [2.24, 2.45) is 7.05 Å². The first-order chi connectivity index (χ1) is 11.6. The van der Waals surface area contributed by atoms with E-state index in [0.717, 1.165) is 5.56 Å². The largest absolute Gasteiger partial charge is 0.464 e. The molecule has 0 bridgehead atoms. The lowest BCUT2D eigenvalue weighted by molar-refractivity contribution is 0.0594. The van der Waals surface area contributed by atoms with E-state index in [2.05, 4.69) is 20.3 Å². The molecule has 8 nitrogen and oxygen atoms in total. The first kappa shape index (κ1) is 15.5. The number of hydrogen-bond donors (Lipinski definition) is 1. The lowest BCUT2D eigenvalue weighted by atomic mass is 10.1. The molecule has 24 heavy (non-hydrogen) atoms. The molecular formula is C16H14N4O4. The molecule has 0 radical (unpaired) electrons. The zero-order valence-corrected chi connectivity index (χ0v) is 13.0. The number of methoxy groups -OCH3 is 1. The van der Waals surface area contributed by atoms with Crippen LogP contribution in [0.15, 0.2) is 47.1 Å². The predicted molar refractivity (Wildman–Crippen MR) is 84.4 cm³/mol. The standard InChI is InChI=1S/C16H14N4O4/c1-20-9-12(14(18-20)16(22)23-2)17-15(21)11-8-13(24-19-11)10-6-4-3-5-7-10/h3-9H,1-2H3,(H,17,21). The van der Waals surface area contributed by atoms with E-state index in [0.29, 0.717) is 5.76 Å². The zero-order chi connectivity index (χ0) is 17.1. The normalized spacial score (nSPS) is 10.4. The van der Waals surface area contributed by atoms with Crippen LogP contribution in [0.5, 0.6) is 0 Å². The van der Waals surface area contributed by atoms with E-state index in [-0.39, 0.29) is 17.1 Å². The van der Waals surface area contributed by atoms with E-state index in [1.165, 1.54) is 24.1 Å². The van der Waals surface area contributed by atoms with Gasteiger partial charge in [0.1, 0.15) is 0 Å². The van der Waals surface area contributed by atoms with Gasteiger partial charge in [-0.25, -0.2) is 4.79 Å². The smallest absolute Gasteiger partial charge is 0.360 e. The molecule has 3 rings (SSSR count). The number of nitrogens with one attached hydrogen (secondary N) is 1. The number of aromatic nitrogens is 3. The first-order valence-corrected chi connectivity index (χ1v) is 7.04. The highest BCUT2D eigenvalue weighted by molar-refractivity contribution is 6.06. The Kier molecular flexibility index (Phi) is 4.11. The Morgan fingerprint density at radius 2 is 2.00 bits per heavy atom. The average molecular weight is 326 g/mol. The lowest BCUT2D eigenvalue weighted by Crippen LogP contribution is -2.15. The zero-order valence-electron chi connectivity index (χ0n) is 13.0. The third-order valence-corrected chi connectivity index (χ3v) is 3.26. The Bertz CT molecular complexity index is 883. The van der Waals surface area contributed by atoms with E-state index in [4.69, 9.17) is 4.52 Å². The molecule has 0 unspecified atom stereocenters. The van der Waals surface area contributed by atoms with Crippen molar-refractivity contribution in [3.05, 3.63) is 54.0 Å². The predicted octanol–water partition coefficient (Wildman–Crippen LogP) is 2.11. The van der Waals surface area contributed by atoms with E-state index in [9.17, 15) is 9.59 Å². The highest BCUT2D eigenvalue weighted by atomic mass is 16.5. The number of esters is 1. The van der Waals surface area contributed by atoms with Crippen LogP contribution in [-0.2, 0) is 11.8 Å². The van der Waals surface area contributed by atoms with Crippen molar-refractivity contribution in [2.75, 3.05) is 12.4 Å². The van der Waals surface area contributed by atoms with Gasteiger partial charge >= 0.3 is 5.97 Å². The van der Waals surface area contributed by atoms with Crippen molar-refractivity contribution in [1.82, 2.24) is 14.9 Å². The minimum absolute atomic E-state index is 0.0140. The summed E-state index contributed by atoms with van der Waals surface area (Å²) in [6.07, 6.45) is 1.50. The van der Waals surface area contributed by atoms with E-state index < -0.39 is 11.9 Å². The number of carbonyl (C=O) groups is 2. The summed E-state index contributed by atoms with van der Waals surface area (Å²) in [7, 11) is 2.87. The van der Waals surface area contributed by atoms with Crippen molar-refractivity contribution in [1.29, 1.82) is 0 Å². The maximum absolute atomic E-state index is 12.3. The second-order valence-corrected chi connectivity index (χ2v) is 4.95. The number of amides is 1. The number of aryl methyl sites for hydroxylation is 1. The van der Waals surface area contributed by atoms with Crippen LogP contribution in [0.25, 0.3) is 11.3 Å². The molecular weight excluding hydrogens is 312 g/mol. The molecule has 0 spiro atoms. The number of carbonyl (C=O) groups excluding carboxylic acids is 2. The Balaban J connectivity index is 1.82. The topological polar surface area (TPSA) is 99.2 Å². The third-order valence-electron chi connectivity index (χ3n) is 3.26. The van der Waals surface area contributed by atoms with Gasteiger partial charge in [0.15, 0.2) is 17.1 Å². The van der Waals surface area contributed by atoms with Crippen LogP contribution >= 0.6 is 0 Å². The SMILES string of the molecule is COC(=O)c1nn(C)cc1NC(=O)c1cc(-c2ccccc2)on1. The van der Waals surface area contributed by atoms with Crippen molar-refractivity contribution in [3.63, 3.8) is 0 Å². The van der Waals surface area contributed by atoms with Crippen LogP contribution in [0.1, 0.15) is 21.0 Å². The molecule has 1 aromatic carbocycles. The van der Waals surface area contributed by atoms with Crippen molar-refractivity contribution in [2.45, 2.75) is 0 Å². The first-order valence-electron chi connectivity index (χ1n) is 7.04. The second kappa shape index (κ2) is 6.37. The van der Waals surface area contributed by atoms with Crippen LogP contribution < -0.4 is 5.32 Å². The van der Waals surface area contributed by atoms with Gasteiger partial charge in [0, 0.05) is 24.9 Å². The highest BCUT2D eigenvalue weighted by Crippen LogP contribution is 2.21. The van der Waals surface area contributed by atoms with E-state index in [1.807, 2.05) is 30.3 Å². The Morgan fingerprint density at radius 1 is 1.25 bits per heavy atom. The molecule has 0 saturated heterocycles. The average Bonchev–Trinajstić information content (AvgIpc) is 3.22. The number of benzene rings is 1. The number of hydrogen-bond acceptors (Lipinski definition) is 6. The second-order valence-electron chi connectivity index (χ2n) is 4.95. The number of ether oxygens (including phenoxy) is 1. The molecule has 1 N–H and O–H groups in total. The Hall–Kier alpha value is -3.42. The highest BCUT2D eigenvalue weighted by Gasteiger charge is 2.21. The molecule has 2 heterocycles. The fraction of sp³-hybridized carbons (Fsp3) is 0.125. The molecule has 8 heteroatoms. The molecule has 0 saturated carbocycles. The fourth-order valence-electron chi connectivity index (χ4n) is 2.13. The van der Waals surface area contributed by atoms with Gasteiger partial charge in [-0.05, 0) is 0 Å². The van der Waals surface area contributed by atoms with Crippen molar-refractivity contribution >= 4 is 17.6 Å². The summed E-state index contributed by atoms with van der Waals surface area (Å²) in [5.41, 5.74) is 1.15. The Morgan fingerprint density at radius 3 is 2.71 bits per heavy atom. The minimum Gasteiger partial charge on any atom is -0.464 e. The molecule has 122 valence electrons. The maximum atomic E-state index is 12.3. The van der Waals surface area contributed by atoms with E-state index >= 15 is 0 Å². The number of rotatable bonds is 4. The molecule has 0 fully saturated rings. The molecule has 0 aliphatic carbocycles. The van der Waals surface area contributed by atoms with E-state index in [1.54, 1.807) is 7.05 Å². The van der Waals surface area contributed by atoms with Gasteiger partial charge in [-0.15, -0.1) is 0 Å². The van der Waals surface area contributed by atoms with Crippen LogP contribution in [0.2, 0.25) is 0 Å². The quantitative estimate of drug-likeness (QED) is 0.737. The summed E-state index contributed by atoms with van der Waals surface area (Å²) in [6.45, 7) is 0. The molecule has 3 aromatic rings. The molecule has 0 atom stereocenters. The monoisotopic (exact) mass is 326 g/mol. The number of nitrogens with zero attached hydrogens (tertiary/aromatic N) is 3. The van der Waals surface area contributed by atoms with Crippen LogP contribution in [-0.4, -0.2) is 33.9 Å². The summed E-state index contributed by atoms with van der Waals surface area (Å²) in [6, 6.07) is 10.8. The molecule has 0 aliphatic heterocycles. The van der Waals surface area contributed by atoms with Gasteiger partial charge in [-0.1, -0.05) is 35.5 Å². The third kappa shape index (κ3) is 3.02. The van der Waals surface area contributed by atoms with Crippen LogP contribution in [0.3, 0.4) is 0 Å². The van der Waals surface area contributed by atoms with Gasteiger partial charge < -0.3 is 14.6 Å². The van der Waals surface area contributed by atoms with Crippen LogP contribution in [0, 0.1) is 0 Å². The number of anilines is 1. The molecule has 0 aliphatic rings. The van der Waals surface area contributed by atoms with Crippen molar-refractivity contribution < 1.29 is 18.8 Å². The lowest BCUT2D eigenvalue weighted by Gasteiger charge is -2.01. The molecule has 2 aromatic heterocycles.